The van der Waals surface area contributed by atoms with Crippen molar-refractivity contribution < 1.29 is 9.90 Å². The van der Waals surface area contributed by atoms with E-state index >= 15 is 0 Å². The number of aromatic nitrogens is 5. The van der Waals surface area contributed by atoms with Gasteiger partial charge >= 0.3 is 5.97 Å². The van der Waals surface area contributed by atoms with E-state index in [9.17, 15) is 9.90 Å². The Bertz CT molecular complexity index is 1210. The molecule has 0 spiro atoms. The van der Waals surface area contributed by atoms with Crippen molar-refractivity contribution in [3.63, 3.8) is 0 Å². The van der Waals surface area contributed by atoms with Crippen molar-refractivity contribution in [2.75, 3.05) is 11.1 Å². The SMILES string of the molecule is CCn1c(C)cc(-c2nnn[nH]2)c1-c1ccc(CNc2c(N)cccc2C(=O)O)cc1. The van der Waals surface area contributed by atoms with E-state index in [-0.39, 0.29) is 5.56 Å². The van der Waals surface area contributed by atoms with Crippen molar-refractivity contribution in [2.45, 2.75) is 26.9 Å². The smallest absolute Gasteiger partial charge is 0.337 e. The van der Waals surface area contributed by atoms with Crippen LogP contribution in [0.1, 0.15) is 28.5 Å². The fourth-order valence-electron chi connectivity index (χ4n) is 3.77. The number of aryl methyl sites for hydroxylation is 1. The van der Waals surface area contributed by atoms with Crippen LogP contribution < -0.4 is 11.1 Å². The second-order valence-corrected chi connectivity index (χ2v) is 7.17. The summed E-state index contributed by atoms with van der Waals surface area (Å²) in [7, 11) is 0. The molecule has 0 aliphatic heterocycles. The summed E-state index contributed by atoms with van der Waals surface area (Å²) in [4.78, 5) is 11.5. The summed E-state index contributed by atoms with van der Waals surface area (Å²) >= 11 is 0. The van der Waals surface area contributed by atoms with Crippen LogP contribution in [-0.4, -0.2) is 36.3 Å². The van der Waals surface area contributed by atoms with Crippen molar-refractivity contribution in [3.05, 3.63) is 65.4 Å². The van der Waals surface area contributed by atoms with Crippen LogP contribution in [0.4, 0.5) is 11.4 Å². The molecule has 4 rings (SSSR count). The van der Waals surface area contributed by atoms with Gasteiger partial charge in [0, 0.05) is 24.3 Å². The number of nitrogen functional groups attached to an aromatic ring is 1. The van der Waals surface area contributed by atoms with Gasteiger partial charge in [-0.15, -0.1) is 5.10 Å². The standard InChI is InChI=1S/C22H23N7O2/c1-3-29-13(2)11-17(21-25-27-28-26-21)20(29)15-9-7-14(8-10-15)12-24-19-16(22(30)31)5-4-6-18(19)23/h4-11,24H,3,12,23H2,1-2H3,(H,30,31)(H,25,26,27,28). The zero-order valence-electron chi connectivity index (χ0n) is 17.3. The number of benzene rings is 2. The van der Waals surface area contributed by atoms with Crippen molar-refractivity contribution in [3.8, 4) is 22.6 Å². The molecule has 0 bridgehead atoms. The van der Waals surface area contributed by atoms with E-state index in [1.54, 1.807) is 12.1 Å². The minimum Gasteiger partial charge on any atom is -0.478 e. The monoisotopic (exact) mass is 417 g/mol. The number of carbonyl (C=O) groups is 1. The molecule has 5 N–H and O–H groups in total. The van der Waals surface area contributed by atoms with Gasteiger partial charge in [-0.1, -0.05) is 30.3 Å². The highest BCUT2D eigenvalue weighted by molar-refractivity contribution is 5.97. The summed E-state index contributed by atoms with van der Waals surface area (Å²) in [5.41, 5.74) is 12.1. The first-order valence-corrected chi connectivity index (χ1v) is 9.88. The van der Waals surface area contributed by atoms with Gasteiger partial charge in [0.2, 0.25) is 0 Å². The summed E-state index contributed by atoms with van der Waals surface area (Å²) in [6.45, 7) is 5.42. The molecule has 2 heterocycles. The van der Waals surface area contributed by atoms with Gasteiger partial charge in [-0.2, -0.15) is 0 Å². The predicted octanol–water partition coefficient (Wildman–Crippen LogP) is 3.56. The molecule has 0 saturated carbocycles. The maximum absolute atomic E-state index is 11.5. The summed E-state index contributed by atoms with van der Waals surface area (Å²) in [6.07, 6.45) is 0. The van der Waals surface area contributed by atoms with Gasteiger partial charge in [0.15, 0.2) is 5.82 Å². The Hall–Kier alpha value is -4.14. The third kappa shape index (κ3) is 3.85. The van der Waals surface area contributed by atoms with E-state index in [2.05, 4.69) is 50.4 Å². The Balaban J connectivity index is 1.62. The van der Waals surface area contributed by atoms with Crippen LogP contribution in [0.15, 0.2) is 48.5 Å². The molecule has 0 aliphatic rings. The molecule has 4 aromatic rings. The Morgan fingerprint density at radius 2 is 2.00 bits per heavy atom. The highest BCUT2D eigenvalue weighted by atomic mass is 16.4. The lowest BCUT2D eigenvalue weighted by Gasteiger charge is -2.14. The number of nitrogens with one attached hydrogen (secondary N) is 2. The lowest BCUT2D eigenvalue weighted by Crippen LogP contribution is -2.09. The van der Waals surface area contributed by atoms with E-state index in [4.69, 9.17) is 5.73 Å². The van der Waals surface area contributed by atoms with Gasteiger partial charge in [0.05, 0.1) is 22.6 Å². The van der Waals surface area contributed by atoms with Crippen molar-refractivity contribution in [2.24, 2.45) is 0 Å². The fourth-order valence-corrected chi connectivity index (χ4v) is 3.77. The van der Waals surface area contributed by atoms with Crippen LogP contribution >= 0.6 is 0 Å². The summed E-state index contributed by atoms with van der Waals surface area (Å²) in [6, 6.07) is 15.0. The summed E-state index contributed by atoms with van der Waals surface area (Å²) in [5, 5.41) is 26.9. The van der Waals surface area contributed by atoms with Crippen LogP contribution in [0.25, 0.3) is 22.6 Å². The quantitative estimate of drug-likeness (QED) is 0.338. The number of aromatic amines is 1. The number of carboxylic acids is 1. The van der Waals surface area contributed by atoms with Gasteiger partial charge in [0.25, 0.3) is 0 Å². The minimum atomic E-state index is -1.02. The van der Waals surface area contributed by atoms with Gasteiger partial charge in [-0.25, -0.2) is 9.89 Å². The largest absolute Gasteiger partial charge is 0.478 e. The first-order chi connectivity index (χ1) is 15.0. The van der Waals surface area contributed by atoms with Gasteiger partial charge in [-0.3, -0.25) is 0 Å². The molecule has 31 heavy (non-hydrogen) atoms. The first kappa shape index (κ1) is 20.1. The number of carboxylic acid groups (broad SMARTS) is 1. The van der Waals surface area contributed by atoms with E-state index in [1.165, 1.54) is 6.07 Å². The van der Waals surface area contributed by atoms with E-state index in [0.29, 0.717) is 23.7 Å². The molecule has 0 saturated heterocycles. The number of hydrogen-bond acceptors (Lipinski definition) is 6. The maximum atomic E-state index is 11.5. The number of anilines is 2. The van der Waals surface area contributed by atoms with Crippen molar-refractivity contribution in [1.82, 2.24) is 25.2 Å². The number of nitrogens with zero attached hydrogens (tertiary/aromatic N) is 4. The molecular weight excluding hydrogens is 394 g/mol. The third-order valence-corrected chi connectivity index (χ3v) is 5.24. The summed E-state index contributed by atoms with van der Waals surface area (Å²) < 4.78 is 2.22. The molecule has 0 radical (unpaired) electrons. The van der Waals surface area contributed by atoms with E-state index < -0.39 is 5.97 Å². The van der Waals surface area contributed by atoms with Gasteiger partial charge in [0.1, 0.15) is 0 Å². The molecule has 0 atom stereocenters. The lowest BCUT2D eigenvalue weighted by atomic mass is 10.0. The Morgan fingerprint density at radius 3 is 2.65 bits per heavy atom. The van der Waals surface area contributed by atoms with Gasteiger partial charge in [-0.05, 0) is 53.6 Å². The fraction of sp³-hybridized carbons (Fsp3) is 0.182. The van der Waals surface area contributed by atoms with Crippen molar-refractivity contribution >= 4 is 17.3 Å². The molecule has 0 unspecified atom stereocenters. The molecule has 9 heteroatoms. The minimum absolute atomic E-state index is 0.151. The molecule has 0 fully saturated rings. The second kappa shape index (κ2) is 8.31. The summed E-state index contributed by atoms with van der Waals surface area (Å²) in [5.74, 6) is -0.396. The first-order valence-electron chi connectivity index (χ1n) is 9.88. The molecule has 2 aromatic carbocycles. The Morgan fingerprint density at radius 1 is 1.23 bits per heavy atom. The number of para-hydroxylation sites is 1. The average Bonchev–Trinajstić information content (AvgIpc) is 3.40. The lowest BCUT2D eigenvalue weighted by molar-refractivity contribution is 0.0698. The Kier molecular flexibility index (Phi) is 5.40. The molecule has 158 valence electrons. The highest BCUT2D eigenvalue weighted by Crippen LogP contribution is 2.33. The Labute approximate surface area is 178 Å². The maximum Gasteiger partial charge on any atom is 0.337 e. The number of rotatable bonds is 7. The van der Waals surface area contributed by atoms with Crippen LogP contribution in [0.3, 0.4) is 0 Å². The number of H-pyrrole nitrogens is 1. The number of nitrogens with two attached hydrogens (primary N) is 1. The van der Waals surface area contributed by atoms with Crippen LogP contribution in [-0.2, 0) is 13.1 Å². The zero-order valence-corrected chi connectivity index (χ0v) is 17.3. The second-order valence-electron chi connectivity index (χ2n) is 7.17. The molecule has 0 amide bonds. The van der Waals surface area contributed by atoms with Crippen LogP contribution in [0.2, 0.25) is 0 Å². The molecule has 9 nitrogen and oxygen atoms in total. The average molecular weight is 417 g/mol. The predicted molar refractivity (Wildman–Crippen MR) is 119 cm³/mol. The molecular formula is C22H23N7O2. The zero-order chi connectivity index (χ0) is 22.0. The van der Waals surface area contributed by atoms with Crippen molar-refractivity contribution in [1.29, 1.82) is 0 Å². The number of tetrazole rings is 1. The highest BCUT2D eigenvalue weighted by Gasteiger charge is 2.18. The third-order valence-electron chi connectivity index (χ3n) is 5.24. The van der Waals surface area contributed by atoms with E-state index in [1.807, 2.05) is 24.3 Å². The number of hydrogen-bond donors (Lipinski definition) is 4. The number of aromatic carboxylic acids is 1. The van der Waals surface area contributed by atoms with E-state index in [0.717, 1.165) is 34.6 Å². The topological polar surface area (TPSA) is 135 Å². The van der Waals surface area contributed by atoms with Gasteiger partial charge < -0.3 is 20.7 Å². The normalized spacial score (nSPS) is 10.9. The van der Waals surface area contributed by atoms with Crippen LogP contribution in [0, 0.1) is 6.92 Å². The van der Waals surface area contributed by atoms with Crippen LogP contribution in [0.5, 0.6) is 0 Å². The molecule has 0 aliphatic carbocycles. The molecule has 2 aromatic heterocycles.